The SMILES string of the molecule is CN(CCO)c1cccc(CC(NC(=O)O)c2ccccc2-c2noc3ccccc23)n1. The van der Waals surface area contributed by atoms with E-state index in [2.05, 4.69) is 15.5 Å². The van der Waals surface area contributed by atoms with E-state index < -0.39 is 12.1 Å². The zero-order chi connectivity index (χ0) is 22.5. The fourth-order valence-corrected chi connectivity index (χ4v) is 3.75. The highest BCUT2D eigenvalue weighted by Gasteiger charge is 2.22. The molecule has 0 bridgehead atoms. The van der Waals surface area contributed by atoms with Crippen LogP contribution in [0.1, 0.15) is 17.3 Å². The highest BCUT2D eigenvalue weighted by molar-refractivity contribution is 5.92. The molecule has 0 spiro atoms. The molecule has 0 saturated carbocycles. The number of nitrogens with one attached hydrogen (secondary N) is 1. The first-order chi connectivity index (χ1) is 15.6. The smallest absolute Gasteiger partial charge is 0.405 e. The monoisotopic (exact) mass is 432 g/mol. The van der Waals surface area contributed by atoms with Crippen LogP contribution in [-0.2, 0) is 6.42 Å². The van der Waals surface area contributed by atoms with Gasteiger partial charge in [0.05, 0.1) is 12.6 Å². The minimum Gasteiger partial charge on any atom is -0.465 e. The maximum absolute atomic E-state index is 11.6. The number of amides is 1. The molecule has 2 aromatic heterocycles. The summed E-state index contributed by atoms with van der Waals surface area (Å²) in [6, 6.07) is 20.2. The van der Waals surface area contributed by atoms with Gasteiger partial charge in [-0.25, -0.2) is 9.78 Å². The number of anilines is 1. The van der Waals surface area contributed by atoms with Crippen molar-refractivity contribution in [3.63, 3.8) is 0 Å². The van der Waals surface area contributed by atoms with Crippen LogP contribution in [0.25, 0.3) is 22.2 Å². The maximum Gasteiger partial charge on any atom is 0.405 e. The lowest BCUT2D eigenvalue weighted by molar-refractivity contribution is 0.189. The van der Waals surface area contributed by atoms with E-state index in [-0.39, 0.29) is 6.61 Å². The Balaban J connectivity index is 1.73. The number of benzene rings is 2. The Labute approximate surface area is 185 Å². The minimum absolute atomic E-state index is 0.0185. The number of carboxylic acid groups (broad SMARTS) is 1. The molecule has 0 aliphatic heterocycles. The molecular weight excluding hydrogens is 408 g/mol. The van der Waals surface area contributed by atoms with Gasteiger partial charge in [0.2, 0.25) is 0 Å². The van der Waals surface area contributed by atoms with Crippen molar-refractivity contribution in [2.75, 3.05) is 25.1 Å². The summed E-state index contributed by atoms with van der Waals surface area (Å²) in [6.45, 7) is 0.472. The Kier molecular flexibility index (Phi) is 6.32. The molecule has 4 rings (SSSR count). The summed E-state index contributed by atoms with van der Waals surface area (Å²) in [4.78, 5) is 18.1. The van der Waals surface area contributed by atoms with Crippen LogP contribution < -0.4 is 10.2 Å². The second-order valence-corrected chi connectivity index (χ2v) is 7.45. The van der Waals surface area contributed by atoms with Gasteiger partial charge < -0.3 is 25.0 Å². The summed E-state index contributed by atoms with van der Waals surface area (Å²) in [7, 11) is 1.85. The van der Waals surface area contributed by atoms with Gasteiger partial charge in [-0.2, -0.15) is 0 Å². The van der Waals surface area contributed by atoms with E-state index in [1.807, 2.05) is 78.7 Å². The molecule has 0 aliphatic rings. The lowest BCUT2D eigenvalue weighted by Gasteiger charge is -2.21. The molecule has 1 unspecified atom stereocenters. The number of para-hydroxylation sites is 1. The summed E-state index contributed by atoms with van der Waals surface area (Å²) in [5.74, 6) is 0.710. The van der Waals surface area contributed by atoms with Gasteiger partial charge in [0, 0.05) is 36.7 Å². The van der Waals surface area contributed by atoms with Crippen molar-refractivity contribution in [2.45, 2.75) is 12.5 Å². The predicted molar refractivity (Wildman–Crippen MR) is 122 cm³/mol. The van der Waals surface area contributed by atoms with Crippen LogP contribution in [0.4, 0.5) is 10.6 Å². The van der Waals surface area contributed by atoms with Crippen LogP contribution in [-0.4, -0.2) is 46.6 Å². The van der Waals surface area contributed by atoms with Crippen LogP contribution in [0.5, 0.6) is 0 Å². The van der Waals surface area contributed by atoms with E-state index in [9.17, 15) is 15.0 Å². The van der Waals surface area contributed by atoms with Crippen LogP contribution in [0.2, 0.25) is 0 Å². The Hall–Kier alpha value is -3.91. The Morgan fingerprint density at radius 1 is 1.09 bits per heavy atom. The number of aliphatic hydroxyl groups is 1. The third-order valence-corrected chi connectivity index (χ3v) is 5.30. The number of hydrogen-bond donors (Lipinski definition) is 3. The van der Waals surface area contributed by atoms with Crippen molar-refractivity contribution >= 4 is 22.9 Å². The standard InChI is InChI=1S/C24H24N4O4/c1-28(13-14-29)22-12-6-7-16(25-22)15-20(26-24(30)31)17-8-2-3-9-18(17)23-19-10-4-5-11-21(19)32-27-23/h2-12,20,26,29H,13-15H2,1H3,(H,30,31). The Bertz CT molecular complexity index is 1220. The molecule has 3 N–H and O–H groups in total. The van der Waals surface area contributed by atoms with E-state index in [1.165, 1.54) is 0 Å². The van der Waals surface area contributed by atoms with Gasteiger partial charge in [-0.15, -0.1) is 0 Å². The van der Waals surface area contributed by atoms with Crippen LogP contribution in [0, 0.1) is 0 Å². The van der Waals surface area contributed by atoms with E-state index in [0.29, 0.717) is 30.1 Å². The van der Waals surface area contributed by atoms with Gasteiger partial charge in [-0.3, -0.25) is 0 Å². The number of aliphatic hydroxyl groups excluding tert-OH is 1. The fourth-order valence-electron chi connectivity index (χ4n) is 3.75. The van der Waals surface area contributed by atoms with E-state index in [1.54, 1.807) is 0 Å². The van der Waals surface area contributed by atoms with Gasteiger partial charge in [0.15, 0.2) is 5.58 Å². The van der Waals surface area contributed by atoms with Crippen LogP contribution in [0.3, 0.4) is 0 Å². The number of carbonyl (C=O) groups is 1. The molecule has 0 saturated heterocycles. The van der Waals surface area contributed by atoms with Gasteiger partial charge in [-0.05, 0) is 29.8 Å². The largest absolute Gasteiger partial charge is 0.465 e. The molecule has 0 radical (unpaired) electrons. The first kappa shape index (κ1) is 21.3. The fraction of sp³-hybridized carbons (Fsp3) is 0.208. The molecule has 0 fully saturated rings. The quantitative estimate of drug-likeness (QED) is 0.387. The molecule has 0 aliphatic carbocycles. The summed E-state index contributed by atoms with van der Waals surface area (Å²) in [5, 5.41) is 26.5. The molecule has 8 heteroatoms. The molecule has 2 aromatic carbocycles. The van der Waals surface area contributed by atoms with E-state index in [4.69, 9.17) is 4.52 Å². The number of likely N-dealkylation sites (N-methyl/N-ethyl adjacent to an activating group) is 1. The average Bonchev–Trinajstić information content (AvgIpc) is 3.23. The van der Waals surface area contributed by atoms with Crippen molar-refractivity contribution in [1.82, 2.24) is 15.5 Å². The minimum atomic E-state index is -1.12. The summed E-state index contributed by atoms with van der Waals surface area (Å²) >= 11 is 0. The van der Waals surface area contributed by atoms with Gasteiger partial charge >= 0.3 is 6.09 Å². The van der Waals surface area contributed by atoms with Crippen molar-refractivity contribution in [3.05, 3.63) is 78.0 Å². The lowest BCUT2D eigenvalue weighted by atomic mass is 9.93. The molecular formula is C24H24N4O4. The average molecular weight is 432 g/mol. The van der Waals surface area contributed by atoms with Crippen molar-refractivity contribution in [1.29, 1.82) is 0 Å². The Morgan fingerprint density at radius 2 is 1.88 bits per heavy atom. The number of nitrogens with zero attached hydrogens (tertiary/aromatic N) is 3. The third kappa shape index (κ3) is 4.55. The van der Waals surface area contributed by atoms with E-state index in [0.717, 1.165) is 22.2 Å². The van der Waals surface area contributed by atoms with Gasteiger partial charge in [-0.1, -0.05) is 47.6 Å². The molecule has 4 aromatic rings. The number of hydrogen-bond acceptors (Lipinski definition) is 6. The number of fused-ring (bicyclic) bond motifs is 1. The van der Waals surface area contributed by atoms with Gasteiger partial charge in [0.1, 0.15) is 11.5 Å². The molecule has 1 atom stereocenters. The van der Waals surface area contributed by atoms with Crippen molar-refractivity contribution in [2.24, 2.45) is 0 Å². The second kappa shape index (κ2) is 9.49. The van der Waals surface area contributed by atoms with Crippen molar-refractivity contribution < 1.29 is 19.5 Å². The molecule has 2 heterocycles. The predicted octanol–water partition coefficient (Wildman–Crippen LogP) is 3.87. The summed E-state index contributed by atoms with van der Waals surface area (Å²) in [6.07, 6.45) is -0.775. The Morgan fingerprint density at radius 3 is 2.69 bits per heavy atom. The lowest BCUT2D eigenvalue weighted by Crippen LogP contribution is -2.29. The van der Waals surface area contributed by atoms with Crippen LogP contribution >= 0.6 is 0 Å². The molecule has 164 valence electrons. The number of aromatic nitrogens is 2. The summed E-state index contributed by atoms with van der Waals surface area (Å²) < 4.78 is 5.48. The topological polar surface area (TPSA) is 112 Å². The number of pyridine rings is 1. The van der Waals surface area contributed by atoms with Crippen LogP contribution in [0.15, 0.2) is 71.3 Å². The molecule has 32 heavy (non-hydrogen) atoms. The first-order valence-electron chi connectivity index (χ1n) is 10.3. The van der Waals surface area contributed by atoms with Gasteiger partial charge in [0.25, 0.3) is 0 Å². The zero-order valence-corrected chi connectivity index (χ0v) is 17.6. The molecule has 1 amide bonds. The third-order valence-electron chi connectivity index (χ3n) is 5.30. The normalized spacial score (nSPS) is 11.9. The second-order valence-electron chi connectivity index (χ2n) is 7.45. The van der Waals surface area contributed by atoms with Crippen molar-refractivity contribution in [3.8, 4) is 11.3 Å². The first-order valence-corrected chi connectivity index (χ1v) is 10.3. The highest BCUT2D eigenvalue weighted by atomic mass is 16.5. The maximum atomic E-state index is 11.6. The molecule has 8 nitrogen and oxygen atoms in total. The highest BCUT2D eigenvalue weighted by Crippen LogP contribution is 2.34. The number of rotatable bonds is 8. The summed E-state index contributed by atoms with van der Waals surface area (Å²) in [5.41, 5.74) is 3.64. The zero-order valence-electron chi connectivity index (χ0n) is 17.6. The van der Waals surface area contributed by atoms with E-state index >= 15 is 0 Å².